The van der Waals surface area contributed by atoms with E-state index < -0.39 is 0 Å². The van der Waals surface area contributed by atoms with Gasteiger partial charge in [0.2, 0.25) is 5.91 Å². The van der Waals surface area contributed by atoms with E-state index in [1.54, 1.807) is 19.0 Å². The first-order valence-electron chi connectivity index (χ1n) is 4.77. The van der Waals surface area contributed by atoms with Crippen molar-refractivity contribution in [2.75, 3.05) is 33.7 Å². The smallest absolute Gasteiger partial charge is 0.223 e. The molecule has 0 aromatic rings. The maximum atomic E-state index is 11.2. The molecule has 4 heteroatoms. The van der Waals surface area contributed by atoms with Crippen molar-refractivity contribution >= 4 is 5.91 Å². The molecule has 0 aromatic heterocycles. The maximum absolute atomic E-state index is 11.2. The zero-order valence-corrected chi connectivity index (χ0v) is 8.49. The van der Waals surface area contributed by atoms with Gasteiger partial charge < -0.3 is 15.5 Å². The predicted molar refractivity (Wildman–Crippen MR) is 52.3 cm³/mol. The molecule has 1 unspecified atom stereocenters. The Morgan fingerprint density at radius 2 is 2.31 bits per heavy atom. The zero-order valence-electron chi connectivity index (χ0n) is 8.49. The van der Waals surface area contributed by atoms with E-state index >= 15 is 0 Å². The number of carbonyl (C=O) groups is 1. The minimum absolute atomic E-state index is 0.195. The summed E-state index contributed by atoms with van der Waals surface area (Å²) in [7, 11) is 3.58. The van der Waals surface area contributed by atoms with Crippen molar-refractivity contribution in [3.05, 3.63) is 0 Å². The van der Waals surface area contributed by atoms with Crippen molar-refractivity contribution in [2.24, 2.45) is 5.73 Å². The lowest BCUT2D eigenvalue weighted by atomic mass is 10.3. The number of rotatable bonds is 3. The van der Waals surface area contributed by atoms with Crippen molar-refractivity contribution in [3.63, 3.8) is 0 Å². The van der Waals surface area contributed by atoms with Crippen molar-refractivity contribution in [1.29, 1.82) is 0 Å². The fraction of sp³-hybridized carbons (Fsp3) is 0.889. The molecule has 0 spiro atoms. The Hall–Kier alpha value is -0.610. The zero-order chi connectivity index (χ0) is 9.84. The topological polar surface area (TPSA) is 49.6 Å². The monoisotopic (exact) mass is 185 g/mol. The molecule has 0 saturated carbocycles. The first-order chi connectivity index (χ1) is 6.09. The van der Waals surface area contributed by atoms with E-state index in [0.29, 0.717) is 12.5 Å². The van der Waals surface area contributed by atoms with Crippen LogP contribution in [0.3, 0.4) is 0 Å². The van der Waals surface area contributed by atoms with Gasteiger partial charge in [-0.05, 0) is 13.0 Å². The van der Waals surface area contributed by atoms with Crippen molar-refractivity contribution in [2.45, 2.75) is 18.9 Å². The highest BCUT2D eigenvalue weighted by atomic mass is 16.2. The van der Waals surface area contributed by atoms with Crippen LogP contribution in [0, 0.1) is 0 Å². The number of likely N-dealkylation sites (tertiary alicyclic amines) is 1. The van der Waals surface area contributed by atoms with Gasteiger partial charge in [0.1, 0.15) is 0 Å². The summed E-state index contributed by atoms with van der Waals surface area (Å²) in [6, 6.07) is 0.314. The Labute approximate surface area is 79.7 Å². The van der Waals surface area contributed by atoms with Crippen molar-refractivity contribution in [3.8, 4) is 0 Å². The molecule has 0 aliphatic carbocycles. The van der Waals surface area contributed by atoms with Crippen LogP contribution in [-0.2, 0) is 4.79 Å². The number of hydrogen-bond donors (Lipinski definition) is 1. The summed E-state index contributed by atoms with van der Waals surface area (Å²) in [6.45, 7) is 2.84. The lowest BCUT2D eigenvalue weighted by molar-refractivity contribution is -0.128. The molecule has 1 fully saturated rings. The number of carbonyl (C=O) groups excluding carboxylic acids is 1. The Balaban J connectivity index is 2.16. The largest absolute Gasteiger partial charge is 0.349 e. The van der Waals surface area contributed by atoms with E-state index in [4.69, 9.17) is 5.73 Å². The fourth-order valence-electron chi connectivity index (χ4n) is 1.54. The quantitative estimate of drug-likeness (QED) is 0.645. The van der Waals surface area contributed by atoms with E-state index in [0.717, 1.165) is 26.1 Å². The van der Waals surface area contributed by atoms with Gasteiger partial charge in [0.05, 0.1) is 0 Å². The second-order valence-electron chi connectivity index (χ2n) is 3.89. The van der Waals surface area contributed by atoms with Crippen LogP contribution >= 0.6 is 0 Å². The van der Waals surface area contributed by atoms with Gasteiger partial charge in [-0.2, -0.15) is 0 Å². The molecular weight excluding hydrogens is 166 g/mol. The third kappa shape index (κ3) is 3.32. The van der Waals surface area contributed by atoms with Crippen molar-refractivity contribution in [1.82, 2.24) is 9.80 Å². The summed E-state index contributed by atoms with van der Waals surface area (Å²) >= 11 is 0. The molecule has 1 aliphatic heterocycles. The Morgan fingerprint density at radius 1 is 1.62 bits per heavy atom. The summed E-state index contributed by atoms with van der Waals surface area (Å²) in [5.41, 5.74) is 5.75. The van der Waals surface area contributed by atoms with Crippen LogP contribution in [0.5, 0.6) is 0 Å². The summed E-state index contributed by atoms with van der Waals surface area (Å²) in [5, 5.41) is 0. The number of nitrogens with two attached hydrogens (primary N) is 1. The molecule has 1 rings (SSSR count). The molecule has 2 N–H and O–H groups in total. The summed E-state index contributed by atoms with van der Waals surface area (Å²) in [5.74, 6) is 0.195. The molecule has 1 heterocycles. The molecule has 1 aliphatic rings. The molecule has 13 heavy (non-hydrogen) atoms. The average Bonchev–Trinajstić information content (AvgIpc) is 2.47. The second kappa shape index (κ2) is 4.58. The predicted octanol–water partition coefficient (Wildman–Crippen LogP) is -0.502. The highest BCUT2D eigenvalue weighted by Crippen LogP contribution is 2.07. The van der Waals surface area contributed by atoms with Crippen LogP contribution in [0.2, 0.25) is 0 Å². The highest BCUT2D eigenvalue weighted by molar-refractivity contribution is 5.75. The van der Waals surface area contributed by atoms with Crippen LogP contribution in [0.1, 0.15) is 12.8 Å². The van der Waals surface area contributed by atoms with Gasteiger partial charge >= 0.3 is 0 Å². The molecule has 0 radical (unpaired) electrons. The van der Waals surface area contributed by atoms with Gasteiger partial charge in [0.25, 0.3) is 0 Å². The van der Waals surface area contributed by atoms with Crippen LogP contribution in [-0.4, -0.2) is 55.5 Å². The van der Waals surface area contributed by atoms with Crippen LogP contribution in [0.25, 0.3) is 0 Å². The Kier molecular flexibility index (Phi) is 3.69. The van der Waals surface area contributed by atoms with E-state index in [2.05, 4.69) is 4.90 Å². The molecule has 76 valence electrons. The van der Waals surface area contributed by atoms with Crippen molar-refractivity contribution < 1.29 is 4.79 Å². The average molecular weight is 185 g/mol. The van der Waals surface area contributed by atoms with E-state index in [1.165, 1.54) is 0 Å². The molecule has 1 saturated heterocycles. The normalized spacial score (nSPS) is 23.5. The summed E-state index contributed by atoms with van der Waals surface area (Å²) in [4.78, 5) is 15.1. The van der Waals surface area contributed by atoms with Crippen LogP contribution < -0.4 is 5.73 Å². The van der Waals surface area contributed by atoms with Gasteiger partial charge in [-0.15, -0.1) is 0 Å². The summed E-state index contributed by atoms with van der Waals surface area (Å²) in [6.07, 6.45) is 1.68. The van der Waals surface area contributed by atoms with Gasteiger partial charge in [0.15, 0.2) is 0 Å². The minimum Gasteiger partial charge on any atom is -0.349 e. The lowest BCUT2D eigenvalue weighted by Crippen LogP contribution is -2.31. The molecule has 0 bridgehead atoms. The number of amides is 1. The third-order valence-electron chi connectivity index (χ3n) is 2.45. The molecule has 0 aromatic carbocycles. The number of hydrogen-bond acceptors (Lipinski definition) is 3. The molecule has 1 amide bonds. The maximum Gasteiger partial charge on any atom is 0.223 e. The third-order valence-corrected chi connectivity index (χ3v) is 2.45. The summed E-state index contributed by atoms with van der Waals surface area (Å²) < 4.78 is 0. The Morgan fingerprint density at radius 3 is 2.77 bits per heavy atom. The highest BCUT2D eigenvalue weighted by Gasteiger charge is 2.19. The van der Waals surface area contributed by atoms with Gasteiger partial charge in [-0.25, -0.2) is 0 Å². The number of nitrogens with zero attached hydrogens (tertiary/aromatic N) is 2. The fourth-order valence-corrected chi connectivity index (χ4v) is 1.54. The van der Waals surface area contributed by atoms with Crippen LogP contribution in [0.15, 0.2) is 0 Å². The first kappa shape index (κ1) is 10.5. The molecular formula is C9H19N3O. The van der Waals surface area contributed by atoms with Gasteiger partial charge in [0, 0.05) is 39.6 Å². The minimum atomic E-state index is 0.195. The lowest BCUT2D eigenvalue weighted by Gasteiger charge is -2.16. The van der Waals surface area contributed by atoms with E-state index in [1.807, 2.05) is 0 Å². The molecule has 4 nitrogen and oxygen atoms in total. The van der Waals surface area contributed by atoms with E-state index in [-0.39, 0.29) is 5.91 Å². The second-order valence-corrected chi connectivity index (χ2v) is 3.89. The van der Waals surface area contributed by atoms with Gasteiger partial charge in [-0.3, -0.25) is 4.79 Å². The SMILES string of the molecule is CN(C)C(=O)CCN1CCC(N)C1. The van der Waals surface area contributed by atoms with Crippen LogP contribution in [0.4, 0.5) is 0 Å². The molecule has 1 atom stereocenters. The Bertz CT molecular complexity index is 182. The standard InChI is InChI=1S/C9H19N3O/c1-11(2)9(13)4-6-12-5-3-8(10)7-12/h8H,3-7,10H2,1-2H3. The van der Waals surface area contributed by atoms with Gasteiger partial charge in [-0.1, -0.05) is 0 Å². The van der Waals surface area contributed by atoms with E-state index in [9.17, 15) is 4.79 Å². The first-order valence-corrected chi connectivity index (χ1v) is 4.77.